The Bertz CT molecular complexity index is 1170. The monoisotopic (exact) mass is 479 g/mol. The number of hydrogen-bond donors (Lipinski definition) is 1. The standard InChI is InChI=1S/C28H30FNO5/c1-17-12-19(4-7-25(17)29)23-15-22(35-27(33)18-8-10-30-11-9-18)16-28(2,3)24(23)6-5-21-13-20(31)14-26(32)34-21/h4-12,20-22,31H,13-16H2,1-3H3/t20-,21-,22?/m1/s1. The number of allylic oxidation sites excluding steroid dienone is 2. The maximum absolute atomic E-state index is 14.0. The Morgan fingerprint density at radius 3 is 2.66 bits per heavy atom. The number of carbonyl (C=O) groups is 2. The highest BCUT2D eigenvalue weighted by Crippen LogP contribution is 2.46. The van der Waals surface area contributed by atoms with Crippen LogP contribution in [0.2, 0.25) is 0 Å². The van der Waals surface area contributed by atoms with Crippen LogP contribution in [0.3, 0.4) is 0 Å². The molecular weight excluding hydrogens is 449 g/mol. The summed E-state index contributed by atoms with van der Waals surface area (Å²) in [7, 11) is 0. The van der Waals surface area contributed by atoms with Gasteiger partial charge < -0.3 is 14.6 Å². The van der Waals surface area contributed by atoms with Gasteiger partial charge in [0.05, 0.1) is 18.1 Å². The van der Waals surface area contributed by atoms with Crippen LogP contribution in [0.15, 0.2) is 60.5 Å². The summed E-state index contributed by atoms with van der Waals surface area (Å²) in [6.45, 7) is 5.85. The third-order valence-corrected chi connectivity index (χ3v) is 6.59. The molecule has 1 unspecified atom stereocenters. The van der Waals surface area contributed by atoms with E-state index in [1.807, 2.05) is 6.08 Å². The molecule has 3 atom stereocenters. The van der Waals surface area contributed by atoms with Crippen LogP contribution in [0.1, 0.15) is 61.0 Å². The summed E-state index contributed by atoms with van der Waals surface area (Å²) in [5.74, 6) is -1.12. The van der Waals surface area contributed by atoms with E-state index in [1.165, 1.54) is 6.07 Å². The fourth-order valence-electron chi connectivity index (χ4n) is 4.85. The van der Waals surface area contributed by atoms with Gasteiger partial charge in [0.1, 0.15) is 18.0 Å². The van der Waals surface area contributed by atoms with Gasteiger partial charge in [-0.1, -0.05) is 26.0 Å². The van der Waals surface area contributed by atoms with E-state index >= 15 is 0 Å². The smallest absolute Gasteiger partial charge is 0.338 e. The predicted molar refractivity (Wildman–Crippen MR) is 129 cm³/mol. The van der Waals surface area contributed by atoms with Crippen LogP contribution < -0.4 is 0 Å². The van der Waals surface area contributed by atoms with Gasteiger partial charge >= 0.3 is 11.9 Å². The number of aliphatic hydroxyl groups excluding tert-OH is 1. The summed E-state index contributed by atoms with van der Waals surface area (Å²) in [4.78, 5) is 28.4. The van der Waals surface area contributed by atoms with E-state index < -0.39 is 29.6 Å². The second-order valence-electron chi connectivity index (χ2n) is 9.89. The van der Waals surface area contributed by atoms with Gasteiger partial charge in [-0.25, -0.2) is 9.18 Å². The Labute approximate surface area is 204 Å². The zero-order chi connectivity index (χ0) is 25.2. The summed E-state index contributed by atoms with van der Waals surface area (Å²) in [5, 5.41) is 9.95. The Morgan fingerprint density at radius 2 is 1.97 bits per heavy atom. The van der Waals surface area contributed by atoms with Crippen molar-refractivity contribution in [3.8, 4) is 0 Å². The van der Waals surface area contributed by atoms with E-state index in [1.54, 1.807) is 49.7 Å². The van der Waals surface area contributed by atoms with Crippen LogP contribution in [-0.4, -0.2) is 40.3 Å². The summed E-state index contributed by atoms with van der Waals surface area (Å²) in [6.07, 6.45) is 6.59. The van der Waals surface area contributed by atoms with Gasteiger partial charge in [0, 0.05) is 25.2 Å². The molecule has 4 rings (SSSR count). The van der Waals surface area contributed by atoms with E-state index in [0.29, 0.717) is 30.4 Å². The number of aryl methyl sites for hydroxylation is 1. The number of hydrogen-bond acceptors (Lipinski definition) is 6. The largest absolute Gasteiger partial charge is 0.458 e. The summed E-state index contributed by atoms with van der Waals surface area (Å²) >= 11 is 0. The number of halogens is 1. The fourth-order valence-corrected chi connectivity index (χ4v) is 4.85. The van der Waals surface area contributed by atoms with Crippen LogP contribution in [0.25, 0.3) is 5.57 Å². The molecule has 7 heteroatoms. The lowest BCUT2D eigenvalue weighted by Crippen LogP contribution is -2.33. The van der Waals surface area contributed by atoms with Crippen LogP contribution >= 0.6 is 0 Å². The minimum absolute atomic E-state index is 0.00313. The first kappa shape index (κ1) is 24.8. The number of rotatable bonds is 5. The van der Waals surface area contributed by atoms with Crippen molar-refractivity contribution in [2.24, 2.45) is 5.41 Å². The third kappa shape index (κ3) is 5.85. The van der Waals surface area contributed by atoms with E-state index in [-0.39, 0.29) is 18.3 Å². The number of aromatic nitrogens is 1. The highest BCUT2D eigenvalue weighted by Gasteiger charge is 2.37. The molecular formula is C28H30FNO5. The molecule has 1 aromatic heterocycles. The molecule has 35 heavy (non-hydrogen) atoms. The number of aliphatic hydroxyl groups is 1. The number of nitrogens with zero attached hydrogens (tertiary/aromatic N) is 1. The molecule has 0 saturated carbocycles. The van der Waals surface area contributed by atoms with Crippen molar-refractivity contribution < 1.29 is 28.6 Å². The van der Waals surface area contributed by atoms with Gasteiger partial charge in [0.2, 0.25) is 0 Å². The van der Waals surface area contributed by atoms with Gasteiger partial charge in [0.15, 0.2) is 0 Å². The van der Waals surface area contributed by atoms with Crippen molar-refractivity contribution in [1.82, 2.24) is 4.98 Å². The number of esters is 2. The molecule has 0 spiro atoms. The minimum Gasteiger partial charge on any atom is -0.458 e. The molecule has 2 aliphatic rings. The zero-order valence-corrected chi connectivity index (χ0v) is 20.2. The van der Waals surface area contributed by atoms with Gasteiger partial charge in [-0.2, -0.15) is 0 Å². The van der Waals surface area contributed by atoms with Crippen molar-refractivity contribution >= 4 is 17.5 Å². The third-order valence-electron chi connectivity index (χ3n) is 6.59. The lowest BCUT2D eigenvalue weighted by molar-refractivity contribution is -0.156. The molecule has 1 aliphatic carbocycles. The maximum Gasteiger partial charge on any atom is 0.338 e. The molecule has 0 amide bonds. The van der Waals surface area contributed by atoms with Gasteiger partial charge in [-0.15, -0.1) is 0 Å². The first-order valence-electron chi connectivity index (χ1n) is 11.8. The Hall–Kier alpha value is -3.32. The van der Waals surface area contributed by atoms with E-state index in [2.05, 4.69) is 18.8 Å². The number of cyclic esters (lactones) is 1. The molecule has 0 bridgehead atoms. The first-order chi connectivity index (χ1) is 16.6. The number of ether oxygens (including phenoxy) is 2. The maximum atomic E-state index is 14.0. The van der Waals surface area contributed by atoms with E-state index in [0.717, 1.165) is 16.7 Å². The molecule has 2 heterocycles. The van der Waals surface area contributed by atoms with Crippen molar-refractivity contribution in [1.29, 1.82) is 0 Å². The highest BCUT2D eigenvalue weighted by molar-refractivity contribution is 5.89. The molecule has 1 saturated heterocycles. The molecule has 1 fully saturated rings. The van der Waals surface area contributed by atoms with Crippen LogP contribution in [0.5, 0.6) is 0 Å². The lowest BCUT2D eigenvalue weighted by atomic mass is 9.69. The quantitative estimate of drug-likeness (QED) is 0.611. The number of benzene rings is 1. The average molecular weight is 480 g/mol. The first-order valence-corrected chi connectivity index (χ1v) is 11.8. The van der Waals surface area contributed by atoms with E-state index in [9.17, 15) is 19.1 Å². The second-order valence-corrected chi connectivity index (χ2v) is 9.89. The SMILES string of the molecule is Cc1cc(C2=C(C=C[C@@H]3C[C@@H](O)CC(=O)O3)C(C)(C)CC(OC(=O)c3ccncc3)C2)ccc1F. The Balaban J connectivity index is 1.68. The summed E-state index contributed by atoms with van der Waals surface area (Å²) < 4.78 is 25.3. The molecule has 184 valence electrons. The molecule has 2 aromatic rings. The normalized spacial score (nSPS) is 24.4. The van der Waals surface area contributed by atoms with Gasteiger partial charge in [-0.3, -0.25) is 9.78 Å². The molecule has 1 N–H and O–H groups in total. The zero-order valence-electron chi connectivity index (χ0n) is 20.2. The predicted octanol–water partition coefficient (Wildman–Crippen LogP) is 4.95. The topological polar surface area (TPSA) is 85.7 Å². The van der Waals surface area contributed by atoms with Crippen molar-refractivity contribution in [3.05, 3.63) is 83.0 Å². The molecule has 6 nitrogen and oxygen atoms in total. The Morgan fingerprint density at radius 1 is 1.23 bits per heavy atom. The Kier molecular flexibility index (Phi) is 7.17. The van der Waals surface area contributed by atoms with Crippen molar-refractivity contribution in [2.75, 3.05) is 0 Å². The van der Waals surface area contributed by atoms with Crippen molar-refractivity contribution in [3.63, 3.8) is 0 Å². The summed E-state index contributed by atoms with van der Waals surface area (Å²) in [6, 6.07) is 8.21. The van der Waals surface area contributed by atoms with E-state index in [4.69, 9.17) is 9.47 Å². The second kappa shape index (κ2) is 10.1. The fraction of sp³-hybridized carbons (Fsp3) is 0.393. The van der Waals surface area contributed by atoms with Crippen LogP contribution in [-0.2, 0) is 14.3 Å². The average Bonchev–Trinajstić information content (AvgIpc) is 2.79. The molecule has 0 radical (unpaired) electrons. The number of carbonyl (C=O) groups excluding carboxylic acids is 2. The van der Waals surface area contributed by atoms with Gasteiger partial charge in [-0.05, 0) is 71.4 Å². The van der Waals surface area contributed by atoms with Crippen molar-refractivity contribution in [2.45, 2.75) is 64.8 Å². The van der Waals surface area contributed by atoms with Gasteiger partial charge in [0.25, 0.3) is 0 Å². The highest BCUT2D eigenvalue weighted by atomic mass is 19.1. The van der Waals surface area contributed by atoms with Crippen LogP contribution in [0, 0.1) is 18.2 Å². The lowest BCUT2D eigenvalue weighted by Gasteiger charge is -2.38. The molecule has 1 aliphatic heterocycles. The minimum atomic E-state index is -0.726. The van der Waals surface area contributed by atoms with Crippen LogP contribution in [0.4, 0.5) is 4.39 Å². The molecule has 1 aromatic carbocycles. The summed E-state index contributed by atoms with van der Waals surface area (Å²) in [5.41, 5.74) is 3.35. The number of pyridine rings is 1.